The van der Waals surface area contributed by atoms with Gasteiger partial charge in [0.25, 0.3) is 5.91 Å². The Hall–Kier alpha value is -3.34. The van der Waals surface area contributed by atoms with Gasteiger partial charge in [0.15, 0.2) is 6.04 Å². The summed E-state index contributed by atoms with van der Waals surface area (Å²) in [6, 6.07) is 19.2. The van der Waals surface area contributed by atoms with E-state index in [1.807, 2.05) is 66.2 Å². The maximum Gasteiger partial charge on any atom is 0.257 e. The van der Waals surface area contributed by atoms with Crippen LogP contribution in [-0.2, 0) is 11.3 Å². The topological polar surface area (TPSA) is 54.3 Å². The van der Waals surface area contributed by atoms with E-state index in [1.54, 1.807) is 4.90 Å². The normalized spacial score (nSPS) is 18.8. The van der Waals surface area contributed by atoms with Crippen molar-refractivity contribution >= 4 is 11.8 Å². The Kier molecular flexibility index (Phi) is 6.03. The highest BCUT2D eigenvalue weighted by Gasteiger charge is 2.38. The van der Waals surface area contributed by atoms with Crippen LogP contribution in [0.2, 0.25) is 0 Å². The van der Waals surface area contributed by atoms with Crippen LogP contribution in [0.3, 0.4) is 0 Å². The number of hydrogen-bond donors (Lipinski definition) is 1. The highest BCUT2D eigenvalue weighted by atomic mass is 16.2. The van der Waals surface area contributed by atoms with Gasteiger partial charge in [-0.15, -0.1) is 0 Å². The molecule has 1 fully saturated rings. The third-order valence-corrected chi connectivity index (χ3v) is 6.95. The van der Waals surface area contributed by atoms with E-state index in [4.69, 9.17) is 0 Å². The number of carbonyl (C=O) groups excluding carboxylic acids is 2. The molecule has 33 heavy (non-hydrogen) atoms. The van der Waals surface area contributed by atoms with Crippen molar-refractivity contribution in [2.24, 2.45) is 0 Å². The Bertz CT molecular complexity index is 1140. The van der Waals surface area contributed by atoms with E-state index in [1.165, 1.54) is 18.4 Å². The van der Waals surface area contributed by atoms with Gasteiger partial charge < -0.3 is 14.8 Å². The first-order valence-corrected chi connectivity index (χ1v) is 12.1. The summed E-state index contributed by atoms with van der Waals surface area (Å²) in [5.41, 5.74) is 4.45. The molecule has 2 aliphatic rings. The van der Waals surface area contributed by atoms with E-state index in [-0.39, 0.29) is 17.9 Å². The van der Waals surface area contributed by atoms with Crippen LogP contribution >= 0.6 is 0 Å². The van der Waals surface area contributed by atoms with E-state index in [2.05, 4.69) is 17.4 Å². The molecule has 1 saturated carbocycles. The number of para-hydroxylation sites is 1. The lowest BCUT2D eigenvalue weighted by Gasteiger charge is -2.31. The van der Waals surface area contributed by atoms with Crippen LogP contribution in [0.4, 0.5) is 0 Å². The highest BCUT2D eigenvalue weighted by molar-refractivity contribution is 6.01. The molecule has 1 aliphatic heterocycles. The van der Waals surface area contributed by atoms with E-state index >= 15 is 0 Å². The summed E-state index contributed by atoms with van der Waals surface area (Å²) in [5.74, 6) is -0.203. The summed E-state index contributed by atoms with van der Waals surface area (Å²) in [4.78, 5) is 29.4. The fourth-order valence-corrected chi connectivity index (χ4v) is 5.17. The molecule has 2 heterocycles. The lowest BCUT2D eigenvalue weighted by atomic mass is 10.0. The first kappa shape index (κ1) is 21.5. The van der Waals surface area contributed by atoms with Gasteiger partial charge in [-0.05, 0) is 49.6 Å². The van der Waals surface area contributed by atoms with Crippen molar-refractivity contribution in [2.45, 2.75) is 64.1 Å². The molecule has 0 saturated heterocycles. The second-order valence-electron chi connectivity index (χ2n) is 9.34. The minimum atomic E-state index is -0.690. The van der Waals surface area contributed by atoms with Crippen molar-refractivity contribution in [3.05, 3.63) is 89.2 Å². The van der Waals surface area contributed by atoms with Crippen LogP contribution in [0, 0.1) is 6.92 Å². The molecule has 1 aromatic heterocycles. The molecule has 0 spiro atoms. The standard InChI is InChI=1S/C28H31N3O2/c1-20-14-16-21(17-15-20)19-31-26(27(32)29-22-9-4-2-3-5-10-22)25-13-8-18-30(25)24-12-7-6-11-23(24)28(31)33/h6-8,11-18,22,26H,2-5,9-10,19H2,1H3,(H,29,32). The van der Waals surface area contributed by atoms with Gasteiger partial charge in [-0.1, -0.05) is 67.6 Å². The van der Waals surface area contributed by atoms with E-state index in [9.17, 15) is 9.59 Å². The Morgan fingerprint density at radius 3 is 2.42 bits per heavy atom. The minimum absolute atomic E-state index is 0.0879. The van der Waals surface area contributed by atoms with Crippen LogP contribution in [0.25, 0.3) is 5.69 Å². The number of benzene rings is 2. The summed E-state index contributed by atoms with van der Waals surface area (Å²) >= 11 is 0. The van der Waals surface area contributed by atoms with Crippen LogP contribution in [0.15, 0.2) is 66.9 Å². The molecule has 170 valence electrons. The molecule has 5 nitrogen and oxygen atoms in total. The lowest BCUT2D eigenvalue weighted by Crippen LogP contribution is -2.46. The van der Waals surface area contributed by atoms with Crippen molar-refractivity contribution in [3.63, 3.8) is 0 Å². The van der Waals surface area contributed by atoms with Crippen molar-refractivity contribution in [1.29, 1.82) is 0 Å². The largest absolute Gasteiger partial charge is 0.351 e. The van der Waals surface area contributed by atoms with Crippen molar-refractivity contribution < 1.29 is 9.59 Å². The average molecular weight is 442 g/mol. The Balaban J connectivity index is 1.56. The predicted molar refractivity (Wildman–Crippen MR) is 129 cm³/mol. The summed E-state index contributed by atoms with van der Waals surface area (Å²) in [6.45, 7) is 2.42. The predicted octanol–water partition coefficient (Wildman–Crippen LogP) is 5.32. The van der Waals surface area contributed by atoms with Gasteiger partial charge in [-0.25, -0.2) is 0 Å². The zero-order valence-corrected chi connectivity index (χ0v) is 19.2. The van der Waals surface area contributed by atoms with Crippen LogP contribution < -0.4 is 5.32 Å². The molecule has 3 aromatic rings. The van der Waals surface area contributed by atoms with Gasteiger partial charge in [0.2, 0.25) is 5.91 Å². The van der Waals surface area contributed by atoms with Crippen molar-refractivity contribution in [1.82, 2.24) is 14.8 Å². The van der Waals surface area contributed by atoms with Crippen molar-refractivity contribution in [3.8, 4) is 5.69 Å². The molecule has 0 bridgehead atoms. The van der Waals surface area contributed by atoms with E-state index < -0.39 is 6.04 Å². The maximum absolute atomic E-state index is 13.9. The third-order valence-electron chi connectivity index (χ3n) is 6.95. The number of hydrogen-bond acceptors (Lipinski definition) is 2. The smallest absolute Gasteiger partial charge is 0.257 e. The number of amides is 2. The van der Waals surface area contributed by atoms with E-state index in [0.717, 1.165) is 42.6 Å². The summed E-state index contributed by atoms with van der Waals surface area (Å²) < 4.78 is 2.00. The van der Waals surface area contributed by atoms with Gasteiger partial charge >= 0.3 is 0 Å². The van der Waals surface area contributed by atoms with Gasteiger partial charge in [0.05, 0.1) is 16.9 Å². The molecule has 5 heteroatoms. The number of nitrogens with zero attached hydrogens (tertiary/aromatic N) is 2. The molecule has 2 amide bonds. The first-order chi connectivity index (χ1) is 16.1. The lowest BCUT2D eigenvalue weighted by molar-refractivity contribution is -0.127. The molecule has 0 radical (unpaired) electrons. The molecule has 1 aliphatic carbocycles. The summed E-state index contributed by atoms with van der Waals surface area (Å²) in [6.07, 6.45) is 8.70. The van der Waals surface area contributed by atoms with Gasteiger partial charge in [0.1, 0.15) is 0 Å². The van der Waals surface area contributed by atoms with Crippen LogP contribution in [0.1, 0.15) is 71.7 Å². The third kappa shape index (κ3) is 4.32. The molecular formula is C28H31N3O2. The molecule has 1 unspecified atom stereocenters. The van der Waals surface area contributed by atoms with Crippen LogP contribution in [0.5, 0.6) is 0 Å². The van der Waals surface area contributed by atoms with Crippen molar-refractivity contribution in [2.75, 3.05) is 0 Å². The molecule has 1 N–H and O–H groups in total. The Morgan fingerprint density at radius 2 is 1.67 bits per heavy atom. The molecule has 2 aromatic carbocycles. The number of aromatic nitrogens is 1. The Morgan fingerprint density at radius 1 is 0.939 bits per heavy atom. The second kappa shape index (κ2) is 9.26. The Labute approximate surface area is 195 Å². The quantitative estimate of drug-likeness (QED) is 0.557. The zero-order valence-electron chi connectivity index (χ0n) is 19.2. The minimum Gasteiger partial charge on any atom is -0.351 e. The average Bonchev–Trinajstić information content (AvgIpc) is 3.11. The fourth-order valence-electron chi connectivity index (χ4n) is 5.17. The SMILES string of the molecule is Cc1ccc(CN2C(=O)c3ccccc3-n3cccc3C2C(=O)NC2CCCCCC2)cc1. The second-order valence-corrected chi connectivity index (χ2v) is 9.34. The number of aryl methyl sites for hydroxylation is 1. The maximum atomic E-state index is 13.9. The van der Waals surface area contributed by atoms with Gasteiger partial charge in [-0.3, -0.25) is 9.59 Å². The number of nitrogens with one attached hydrogen (secondary N) is 1. The zero-order chi connectivity index (χ0) is 22.8. The number of carbonyl (C=O) groups is 2. The molecule has 5 rings (SSSR count). The monoisotopic (exact) mass is 441 g/mol. The molecule has 1 atom stereocenters. The van der Waals surface area contributed by atoms with Gasteiger partial charge in [0, 0.05) is 18.8 Å². The van der Waals surface area contributed by atoms with Gasteiger partial charge in [-0.2, -0.15) is 0 Å². The molecular weight excluding hydrogens is 410 g/mol. The summed E-state index contributed by atoms with van der Waals surface area (Å²) in [5, 5.41) is 3.31. The number of rotatable bonds is 4. The van der Waals surface area contributed by atoms with Crippen LogP contribution in [-0.4, -0.2) is 27.3 Å². The fraction of sp³-hybridized carbons (Fsp3) is 0.357. The van der Waals surface area contributed by atoms with E-state index in [0.29, 0.717) is 12.1 Å². The number of fused-ring (bicyclic) bond motifs is 3. The summed E-state index contributed by atoms with van der Waals surface area (Å²) in [7, 11) is 0. The first-order valence-electron chi connectivity index (χ1n) is 12.1. The highest BCUT2D eigenvalue weighted by Crippen LogP contribution is 2.34.